The van der Waals surface area contributed by atoms with Crippen LogP contribution in [0.4, 0.5) is 0 Å². The van der Waals surface area contributed by atoms with Crippen LogP contribution in [0.2, 0.25) is 0 Å². The minimum atomic E-state index is -2.11. The Hall–Kier alpha value is -5.83. The van der Waals surface area contributed by atoms with Gasteiger partial charge in [-0.3, -0.25) is 9.59 Å². The van der Waals surface area contributed by atoms with E-state index >= 15 is 0 Å². The zero-order valence-electron chi connectivity index (χ0n) is 40.9. The fourth-order valence-corrected chi connectivity index (χ4v) is 9.28. The lowest BCUT2D eigenvalue weighted by Crippen LogP contribution is -2.61. The summed E-state index contributed by atoms with van der Waals surface area (Å²) in [4.78, 5) is 67.4. The van der Waals surface area contributed by atoms with Crippen molar-refractivity contribution >= 4 is 29.8 Å². The predicted octanol–water partition coefficient (Wildman–Crippen LogP) is -3.77. The van der Waals surface area contributed by atoms with Crippen LogP contribution in [0, 0.1) is 23.7 Å². The summed E-state index contributed by atoms with van der Waals surface area (Å²) in [6.07, 6.45) is -27.3. The third kappa shape index (κ3) is 12.1. The molecule has 0 aromatic heterocycles. The van der Waals surface area contributed by atoms with E-state index < -0.39 is 191 Å². The largest absolute Gasteiger partial charge is 0.493 e. The van der Waals surface area contributed by atoms with Crippen LogP contribution in [0.25, 0.3) is 0 Å². The van der Waals surface area contributed by atoms with E-state index in [2.05, 4.69) is 13.2 Å². The quantitative estimate of drug-likeness (QED) is 0.0583. The van der Waals surface area contributed by atoms with Crippen molar-refractivity contribution in [2.24, 2.45) is 23.7 Å². The fraction of sp³-hybridized carbons (Fsp3) is 0.604. The molecule has 420 valence electrons. The predicted molar refractivity (Wildman–Crippen MR) is 242 cm³/mol. The summed E-state index contributed by atoms with van der Waals surface area (Å²) in [5.41, 5.74) is -0.635. The van der Waals surface area contributed by atoms with Gasteiger partial charge < -0.3 is 112 Å². The molecule has 0 amide bonds. The van der Waals surface area contributed by atoms with Gasteiger partial charge in [0.25, 0.3) is 0 Å². The van der Waals surface area contributed by atoms with Crippen LogP contribution < -0.4 is 9.47 Å². The zero-order chi connectivity index (χ0) is 55.3. The molecule has 7 aliphatic heterocycles. The van der Waals surface area contributed by atoms with Crippen LogP contribution >= 0.6 is 0 Å². The molecule has 3 saturated heterocycles. The summed E-state index contributed by atoms with van der Waals surface area (Å²) in [7, 11) is 3.29. The Bertz CT molecular complexity index is 2340. The molecule has 28 nitrogen and oxygen atoms in total. The van der Waals surface area contributed by atoms with Crippen molar-refractivity contribution in [1.82, 2.24) is 0 Å². The van der Waals surface area contributed by atoms with Gasteiger partial charge in [-0.05, 0) is 18.2 Å². The summed E-state index contributed by atoms with van der Waals surface area (Å²) in [5.74, 6) is -10.4. The number of benzene rings is 1. The summed E-state index contributed by atoms with van der Waals surface area (Å²) < 4.78 is 78.4. The lowest BCUT2D eigenvalue weighted by Gasteiger charge is -2.43. The molecule has 0 unspecified atom stereocenters. The Kier molecular flexibility index (Phi) is 19.1. The van der Waals surface area contributed by atoms with Crippen LogP contribution in [-0.4, -0.2) is 222 Å². The van der Waals surface area contributed by atoms with E-state index in [0.717, 1.165) is 32.8 Å². The van der Waals surface area contributed by atoms with Gasteiger partial charge in [0, 0.05) is 23.7 Å². The molecule has 9 N–H and O–H groups in total. The van der Waals surface area contributed by atoms with Crippen LogP contribution in [0.5, 0.6) is 11.5 Å². The van der Waals surface area contributed by atoms with Gasteiger partial charge in [-0.2, -0.15) is 0 Å². The molecule has 3 fully saturated rings. The minimum Gasteiger partial charge on any atom is -0.493 e. The molecule has 1 aromatic carbocycles. The summed E-state index contributed by atoms with van der Waals surface area (Å²) in [6.45, 7) is 5.20. The smallest absolute Gasteiger partial charge is 0.338 e. The number of aliphatic hydroxyl groups excluding tert-OH is 9. The Morgan fingerprint density at radius 1 is 0.684 bits per heavy atom. The maximum Gasteiger partial charge on any atom is 0.338 e. The first kappa shape index (κ1) is 57.9. The third-order valence-electron chi connectivity index (χ3n) is 13.6. The maximum absolute atomic E-state index is 14.2. The number of hydrogen-bond donors (Lipinski definition) is 9. The van der Waals surface area contributed by atoms with Crippen molar-refractivity contribution in [2.45, 2.75) is 118 Å². The first-order chi connectivity index (χ1) is 36.3. The van der Waals surface area contributed by atoms with E-state index in [1.165, 1.54) is 31.4 Å². The van der Waals surface area contributed by atoms with E-state index in [4.69, 9.17) is 66.3 Å². The molecule has 0 saturated carbocycles. The third-order valence-corrected chi connectivity index (χ3v) is 13.6. The van der Waals surface area contributed by atoms with Gasteiger partial charge in [-0.15, -0.1) is 13.2 Å². The highest BCUT2D eigenvalue weighted by atomic mass is 16.8. The van der Waals surface area contributed by atoms with Crippen molar-refractivity contribution < 1.29 is 136 Å². The highest BCUT2D eigenvalue weighted by Crippen LogP contribution is 2.41. The van der Waals surface area contributed by atoms with Crippen molar-refractivity contribution in [3.05, 3.63) is 72.7 Å². The van der Waals surface area contributed by atoms with Gasteiger partial charge in [-0.25, -0.2) is 14.4 Å². The molecule has 21 atom stereocenters. The Balaban J connectivity index is 1.18. The highest BCUT2D eigenvalue weighted by molar-refractivity contribution is 5.91. The molecule has 7 heterocycles. The number of methoxy groups -OCH3 is 3. The first-order valence-electron chi connectivity index (χ1n) is 23.6. The molecule has 76 heavy (non-hydrogen) atoms. The van der Waals surface area contributed by atoms with E-state index in [0.29, 0.717) is 0 Å². The molecule has 1 aromatic rings. The second-order valence-corrected chi connectivity index (χ2v) is 18.1. The Morgan fingerprint density at radius 3 is 1.97 bits per heavy atom. The van der Waals surface area contributed by atoms with E-state index in [1.54, 1.807) is 0 Å². The monoisotopic (exact) mass is 1080 g/mol. The molecule has 7 aliphatic rings. The number of aliphatic hydroxyl groups is 9. The molecular weight excluding hydrogens is 1020 g/mol. The molecule has 28 heteroatoms. The minimum absolute atomic E-state index is 0.182. The summed E-state index contributed by atoms with van der Waals surface area (Å²) >= 11 is 0. The van der Waals surface area contributed by atoms with Crippen molar-refractivity contribution in [2.75, 3.05) is 41.2 Å². The lowest BCUT2D eigenvalue weighted by molar-refractivity contribution is -0.339. The van der Waals surface area contributed by atoms with Crippen molar-refractivity contribution in [1.29, 1.82) is 0 Å². The molecule has 0 radical (unpaired) electrons. The normalized spacial score (nSPS) is 38.9. The van der Waals surface area contributed by atoms with Crippen molar-refractivity contribution in [3.8, 4) is 11.5 Å². The topological polar surface area (TPSA) is 397 Å². The molecule has 8 rings (SSSR count). The van der Waals surface area contributed by atoms with E-state index in [1.807, 2.05) is 0 Å². The van der Waals surface area contributed by atoms with E-state index in [-0.39, 0.29) is 28.2 Å². The maximum atomic E-state index is 14.2. The average Bonchev–Trinajstić information content (AvgIpc) is 3.42. The van der Waals surface area contributed by atoms with E-state index in [9.17, 15) is 69.9 Å². The zero-order valence-corrected chi connectivity index (χ0v) is 40.9. The standard InChI is InChI=1S/C48H60O28/c1-6-19-21-11-30(50)66-16-28-34(54)37(57)40(74-31(51)12-22-20(7-2)45(69-15-24(22)43(62)65-5)75-46-38(58)35(55)32(52)27(13-49)71-46)48(73-28)70-25-9-8-18(10-26(25)63-3)41(60)67-17-29-33(53)36(56)39(59)47(72-29)76-44(19)68-14-23(21)42(61)64-4/h6-10,14-15,19-22,27-29,32-40,44-49,52-59H,1-2,11-13,16-17H2,3-5H3/t19-,20-,21+,22+,27-,28-,29-,32-,33-,34-,35+,36+,37+,38-,39-,40-,44+,45+,46+,47+,48-/m1/s1. The van der Waals surface area contributed by atoms with Crippen LogP contribution in [0.1, 0.15) is 23.2 Å². The number of carbonyl (C=O) groups excluding carboxylic acids is 5. The summed E-state index contributed by atoms with van der Waals surface area (Å²) in [5, 5.41) is 96.7. The molecule has 8 bridgehead atoms. The van der Waals surface area contributed by atoms with Crippen LogP contribution in [-0.2, 0) is 76.0 Å². The number of ether oxygens (including phenoxy) is 14. The Morgan fingerprint density at radius 2 is 1.32 bits per heavy atom. The number of fused-ring (bicyclic) bond motifs is 7. The second-order valence-electron chi connectivity index (χ2n) is 18.1. The fourth-order valence-electron chi connectivity index (χ4n) is 9.28. The van der Waals surface area contributed by atoms with Gasteiger partial charge in [0.15, 0.2) is 30.2 Å². The molecule has 0 spiro atoms. The number of esters is 5. The van der Waals surface area contributed by atoms with Gasteiger partial charge in [0.2, 0.25) is 18.9 Å². The van der Waals surface area contributed by atoms with Gasteiger partial charge in [-0.1, -0.05) is 12.2 Å². The van der Waals surface area contributed by atoms with Crippen molar-refractivity contribution in [3.63, 3.8) is 0 Å². The number of rotatable bonds is 11. The number of carbonyl (C=O) groups is 5. The molecular formula is C48H60O28. The van der Waals surface area contributed by atoms with Gasteiger partial charge >= 0.3 is 29.8 Å². The van der Waals surface area contributed by atoms with Crippen LogP contribution in [0.15, 0.2) is 67.2 Å². The number of hydrogen-bond acceptors (Lipinski definition) is 28. The first-order valence-corrected chi connectivity index (χ1v) is 23.6. The van der Waals surface area contributed by atoms with Gasteiger partial charge in [0.05, 0.1) is 70.0 Å². The average molecular weight is 1080 g/mol. The molecule has 0 aliphatic carbocycles. The van der Waals surface area contributed by atoms with Gasteiger partial charge in [0.1, 0.15) is 80.4 Å². The second kappa shape index (κ2) is 25.1. The SMILES string of the molecule is C=C[C@H]1[C@H](O[C@@H]2O[C@H](CO)[C@@H](O)[C@H](O)[C@H]2O)OC=C(C(=O)OC)[C@H]1CC(=O)O[C@H]1[C@@H]2Oc3ccc(cc3OC)C(=O)OC[C@H]3O[C@@H](O[C@@H]4OC=C(C(=O)OC)[C@@H](CC(=O)OC[C@@H](O2)[C@@H](O)[C@@H]1O)[C@H]4C=C)[C@H](O)[C@@H](O)[C@@H]3O. The van der Waals surface area contributed by atoms with Crippen LogP contribution in [0.3, 0.4) is 0 Å². The summed E-state index contributed by atoms with van der Waals surface area (Å²) in [6, 6.07) is 3.52. The lowest BCUT2D eigenvalue weighted by atomic mass is 9.81. The Labute approximate surface area is 432 Å². The highest BCUT2D eigenvalue weighted by Gasteiger charge is 2.53.